The van der Waals surface area contributed by atoms with Gasteiger partial charge in [-0.2, -0.15) is 0 Å². The molecule has 1 aliphatic heterocycles. The summed E-state index contributed by atoms with van der Waals surface area (Å²) in [6, 6.07) is 20.2. The van der Waals surface area contributed by atoms with Crippen molar-refractivity contribution in [3.63, 3.8) is 0 Å². The molecule has 0 aromatic heterocycles. The Hall–Kier alpha value is -3.16. The maximum absolute atomic E-state index is 12.4. The van der Waals surface area contributed by atoms with Gasteiger partial charge in [-0.05, 0) is 58.7 Å². The maximum Gasteiger partial charge on any atom is 0.251 e. The number of rotatable bonds is 7. The van der Waals surface area contributed by atoms with Gasteiger partial charge in [-0.25, -0.2) is 13.1 Å². The fourth-order valence-corrected chi connectivity index (χ4v) is 4.57. The lowest BCUT2D eigenvalue weighted by Gasteiger charge is -2.09. The Labute approximate surface area is 182 Å². The van der Waals surface area contributed by atoms with Crippen molar-refractivity contribution in [2.24, 2.45) is 0 Å². The second-order valence-electron chi connectivity index (χ2n) is 7.33. The van der Waals surface area contributed by atoms with Gasteiger partial charge in [-0.1, -0.05) is 37.3 Å². The highest BCUT2D eigenvalue weighted by Crippen LogP contribution is 2.30. The molecule has 0 saturated carbocycles. The summed E-state index contributed by atoms with van der Waals surface area (Å²) in [4.78, 5) is 12.6. The fourth-order valence-electron chi connectivity index (χ4n) is 3.52. The largest absolute Gasteiger partial charge is 0.493 e. The molecule has 2 N–H and O–H groups in total. The summed E-state index contributed by atoms with van der Waals surface area (Å²) in [5, 5.41) is 2.87. The Morgan fingerprint density at radius 1 is 0.968 bits per heavy atom. The molecule has 0 bridgehead atoms. The van der Waals surface area contributed by atoms with E-state index in [1.165, 1.54) is 29.8 Å². The number of benzene rings is 3. The summed E-state index contributed by atoms with van der Waals surface area (Å²) in [5.41, 5.74) is 4.88. The first-order valence-corrected chi connectivity index (χ1v) is 11.7. The Morgan fingerprint density at radius 3 is 2.39 bits per heavy atom. The zero-order chi connectivity index (χ0) is 21.8. The van der Waals surface area contributed by atoms with Crippen LogP contribution in [0.15, 0.2) is 71.6 Å². The van der Waals surface area contributed by atoms with E-state index in [-0.39, 0.29) is 10.8 Å². The molecule has 0 spiro atoms. The Morgan fingerprint density at radius 2 is 1.68 bits per heavy atom. The van der Waals surface area contributed by atoms with Gasteiger partial charge < -0.3 is 10.1 Å². The van der Waals surface area contributed by atoms with Crippen molar-refractivity contribution in [3.8, 4) is 16.9 Å². The van der Waals surface area contributed by atoms with Crippen LogP contribution < -0.4 is 14.8 Å². The first-order chi connectivity index (χ1) is 15.0. The van der Waals surface area contributed by atoms with Gasteiger partial charge in [-0.3, -0.25) is 4.79 Å². The number of amides is 1. The van der Waals surface area contributed by atoms with Crippen molar-refractivity contribution in [1.29, 1.82) is 0 Å². The second kappa shape index (κ2) is 8.91. The van der Waals surface area contributed by atoms with Gasteiger partial charge in [0.2, 0.25) is 10.0 Å². The topological polar surface area (TPSA) is 84.5 Å². The van der Waals surface area contributed by atoms with Crippen LogP contribution in [0.1, 0.15) is 28.4 Å². The van der Waals surface area contributed by atoms with Crippen LogP contribution in [0.25, 0.3) is 11.1 Å². The van der Waals surface area contributed by atoms with Gasteiger partial charge in [0.05, 0.1) is 11.5 Å². The zero-order valence-electron chi connectivity index (χ0n) is 17.2. The number of fused-ring (bicyclic) bond motifs is 1. The van der Waals surface area contributed by atoms with Gasteiger partial charge in [0, 0.05) is 25.1 Å². The predicted molar refractivity (Wildman–Crippen MR) is 120 cm³/mol. The third-order valence-corrected chi connectivity index (χ3v) is 6.75. The quantitative estimate of drug-likeness (QED) is 0.594. The zero-order valence-corrected chi connectivity index (χ0v) is 18.0. The van der Waals surface area contributed by atoms with Crippen LogP contribution in [-0.2, 0) is 23.0 Å². The highest BCUT2D eigenvalue weighted by atomic mass is 32.2. The average molecular weight is 437 g/mol. The number of nitrogens with one attached hydrogen (secondary N) is 2. The van der Waals surface area contributed by atoms with Crippen LogP contribution in [0.3, 0.4) is 0 Å². The molecule has 3 aromatic carbocycles. The van der Waals surface area contributed by atoms with E-state index < -0.39 is 10.0 Å². The summed E-state index contributed by atoms with van der Waals surface area (Å²) in [7, 11) is -3.53. The Kier molecular flexibility index (Phi) is 6.06. The number of ether oxygens (including phenoxy) is 1. The van der Waals surface area contributed by atoms with Crippen molar-refractivity contribution in [3.05, 3.63) is 83.4 Å². The summed E-state index contributed by atoms with van der Waals surface area (Å²) in [6.07, 6.45) is 0.940. The maximum atomic E-state index is 12.4. The lowest BCUT2D eigenvalue weighted by Crippen LogP contribution is -2.24. The number of hydrogen-bond donors (Lipinski definition) is 2. The van der Waals surface area contributed by atoms with Crippen LogP contribution in [0, 0.1) is 0 Å². The van der Waals surface area contributed by atoms with Crippen LogP contribution in [-0.4, -0.2) is 27.5 Å². The highest BCUT2D eigenvalue weighted by Gasteiger charge is 2.14. The molecule has 3 aromatic rings. The normalized spacial score (nSPS) is 12.8. The van der Waals surface area contributed by atoms with E-state index in [1.807, 2.05) is 30.3 Å². The molecule has 0 aliphatic carbocycles. The van der Waals surface area contributed by atoms with Crippen LogP contribution >= 0.6 is 0 Å². The van der Waals surface area contributed by atoms with Crippen LogP contribution in [0.4, 0.5) is 0 Å². The molecular weight excluding hydrogens is 412 g/mol. The lowest BCUT2D eigenvalue weighted by atomic mass is 10.0. The number of carbonyl (C=O) groups excluding carboxylic acids is 1. The third-order valence-electron chi connectivity index (χ3n) is 5.19. The average Bonchev–Trinajstić information content (AvgIpc) is 3.26. The molecule has 0 saturated heterocycles. The minimum absolute atomic E-state index is 0.139. The molecule has 0 radical (unpaired) electrons. The molecule has 7 heteroatoms. The Balaban J connectivity index is 1.37. The van der Waals surface area contributed by atoms with Crippen molar-refractivity contribution in [2.75, 3.05) is 13.2 Å². The lowest BCUT2D eigenvalue weighted by molar-refractivity contribution is 0.0951. The summed E-state index contributed by atoms with van der Waals surface area (Å²) in [6.45, 7) is 3.15. The molecule has 6 nitrogen and oxygen atoms in total. The molecule has 160 valence electrons. The van der Waals surface area contributed by atoms with Crippen LogP contribution in [0.5, 0.6) is 5.75 Å². The second-order valence-corrected chi connectivity index (χ2v) is 9.09. The number of carbonyl (C=O) groups is 1. The van der Waals surface area contributed by atoms with E-state index >= 15 is 0 Å². The smallest absolute Gasteiger partial charge is 0.251 e. The van der Waals surface area contributed by atoms with E-state index in [0.717, 1.165) is 35.5 Å². The molecule has 1 heterocycles. The van der Waals surface area contributed by atoms with Crippen molar-refractivity contribution >= 4 is 15.9 Å². The van der Waals surface area contributed by atoms with Gasteiger partial charge in [0.25, 0.3) is 5.91 Å². The van der Waals surface area contributed by atoms with E-state index in [1.54, 1.807) is 6.92 Å². The van der Waals surface area contributed by atoms with Gasteiger partial charge in [0.15, 0.2) is 0 Å². The van der Waals surface area contributed by atoms with Gasteiger partial charge in [-0.15, -0.1) is 0 Å². The third kappa shape index (κ3) is 4.78. The fraction of sp³-hybridized carbons (Fsp3) is 0.208. The first-order valence-electron chi connectivity index (χ1n) is 10.2. The molecule has 0 unspecified atom stereocenters. The summed E-state index contributed by atoms with van der Waals surface area (Å²) in [5.74, 6) is 0.713. The van der Waals surface area contributed by atoms with Crippen LogP contribution in [0.2, 0.25) is 0 Å². The van der Waals surface area contributed by atoms with E-state index in [2.05, 4.69) is 22.2 Å². The van der Waals surface area contributed by atoms with E-state index in [0.29, 0.717) is 18.7 Å². The molecule has 4 rings (SSSR count). The summed E-state index contributed by atoms with van der Waals surface area (Å²) >= 11 is 0. The first kappa shape index (κ1) is 21.1. The molecule has 1 amide bonds. The van der Waals surface area contributed by atoms with Crippen molar-refractivity contribution < 1.29 is 17.9 Å². The standard InChI is InChI=1S/C24H24N2O4S/c1-2-26-31(28,29)22-10-7-19(8-11-22)24(27)25-16-17-3-5-18(6-4-17)20-9-12-23-21(15-20)13-14-30-23/h3-12,15,26H,2,13-14,16H2,1H3,(H,25,27). The van der Waals surface area contributed by atoms with E-state index in [4.69, 9.17) is 4.74 Å². The van der Waals surface area contributed by atoms with Crippen molar-refractivity contribution in [1.82, 2.24) is 10.0 Å². The van der Waals surface area contributed by atoms with E-state index in [9.17, 15) is 13.2 Å². The number of sulfonamides is 1. The molecule has 1 aliphatic rings. The number of hydrogen-bond acceptors (Lipinski definition) is 4. The summed E-state index contributed by atoms with van der Waals surface area (Å²) < 4.78 is 32.0. The highest BCUT2D eigenvalue weighted by molar-refractivity contribution is 7.89. The Bertz CT molecular complexity index is 1190. The SMILES string of the molecule is CCNS(=O)(=O)c1ccc(C(=O)NCc2ccc(-c3ccc4c(c3)CCO4)cc2)cc1. The molecular formula is C24H24N2O4S. The van der Waals surface area contributed by atoms with Crippen molar-refractivity contribution in [2.45, 2.75) is 24.8 Å². The predicted octanol–water partition coefficient (Wildman–Crippen LogP) is 3.52. The minimum Gasteiger partial charge on any atom is -0.493 e. The monoisotopic (exact) mass is 436 g/mol. The minimum atomic E-state index is -3.53. The van der Waals surface area contributed by atoms with Gasteiger partial charge >= 0.3 is 0 Å². The molecule has 0 atom stereocenters. The molecule has 31 heavy (non-hydrogen) atoms. The van der Waals surface area contributed by atoms with Gasteiger partial charge in [0.1, 0.15) is 5.75 Å². The molecule has 0 fully saturated rings.